The third-order valence-corrected chi connectivity index (χ3v) is 2.84. The van der Waals surface area contributed by atoms with Crippen LogP contribution in [0.2, 0.25) is 0 Å². The second-order valence-electron chi connectivity index (χ2n) is 4.21. The van der Waals surface area contributed by atoms with Gasteiger partial charge in [-0.1, -0.05) is 0 Å². The van der Waals surface area contributed by atoms with Crippen molar-refractivity contribution in [2.75, 3.05) is 19.6 Å². The monoisotopic (exact) mass is 222 g/mol. The summed E-state index contributed by atoms with van der Waals surface area (Å²) in [4.78, 5) is 13.9. The number of carbonyl (C=O) groups excluding carboxylic acids is 1. The molecule has 86 valence electrons. The Bertz CT molecular complexity index is 377. The summed E-state index contributed by atoms with van der Waals surface area (Å²) in [7, 11) is 0. The zero-order valence-corrected chi connectivity index (χ0v) is 9.03. The van der Waals surface area contributed by atoms with E-state index in [1.165, 1.54) is 24.3 Å². The van der Waals surface area contributed by atoms with Gasteiger partial charge in [-0.25, -0.2) is 4.39 Å². The SMILES string of the molecule is NC1CCN(CC(=O)c2ccc(F)cc2)C1. The van der Waals surface area contributed by atoms with Gasteiger partial charge in [0, 0.05) is 24.7 Å². The van der Waals surface area contributed by atoms with Gasteiger partial charge < -0.3 is 5.73 Å². The Morgan fingerprint density at radius 3 is 2.69 bits per heavy atom. The normalized spacial score (nSPS) is 21.2. The van der Waals surface area contributed by atoms with E-state index >= 15 is 0 Å². The Balaban J connectivity index is 1.95. The Morgan fingerprint density at radius 1 is 1.44 bits per heavy atom. The summed E-state index contributed by atoms with van der Waals surface area (Å²) in [5.74, 6) is -0.297. The van der Waals surface area contributed by atoms with Crippen LogP contribution in [0.25, 0.3) is 0 Å². The fourth-order valence-electron chi connectivity index (χ4n) is 1.94. The maximum atomic E-state index is 12.7. The minimum Gasteiger partial charge on any atom is -0.326 e. The molecule has 16 heavy (non-hydrogen) atoms. The van der Waals surface area contributed by atoms with Crippen LogP contribution < -0.4 is 5.73 Å². The van der Waals surface area contributed by atoms with Crippen LogP contribution in [-0.4, -0.2) is 36.4 Å². The molecule has 1 heterocycles. The number of hydrogen-bond donors (Lipinski definition) is 1. The van der Waals surface area contributed by atoms with Gasteiger partial charge in [0.25, 0.3) is 0 Å². The molecule has 0 aromatic heterocycles. The topological polar surface area (TPSA) is 46.3 Å². The van der Waals surface area contributed by atoms with Crippen LogP contribution in [0.1, 0.15) is 16.8 Å². The van der Waals surface area contributed by atoms with Crippen molar-refractivity contribution in [2.24, 2.45) is 5.73 Å². The molecule has 1 fully saturated rings. The molecule has 0 aliphatic carbocycles. The van der Waals surface area contributed by atoms with Gasteiger partial charge >= 0.3 is 0 Å². The van der Waals surface area contributed by atoms with Gasteiger partial charge in [-0.3, -0.25) is 9.69 Å². The van der Waals surface area contributed by atoms with E-state index in [0.29, 0.717) is 12.1 Å². The molecule has 0 saturated carbocycles. The van der Waals surface area contributed by atoms with Crippen LogP contribution >= 0.6 is 0 Å². The molecular formula is C12H15FN2O. The molecule has 1 atom stereocenters. The predicted molar refractivity (Wildman–Crippen MR) is 59.8 cm³/mol. The Kier molecular flexibility index (Phi) is 3.31. The smallest absolute Gasteiger partial charge is 0.176 e. The Hall–Kier alpha value is -1.26. The van der Waals surface area contributed by atoms with Crippen molar-refractivity contribution < 1.29 is 9.18 Å². The van der Waals surface area contributed by atoms with E-state index in [2.05, 4.69) is 0 Å². The lowest BCUT2D eigenvalue weighted by molar-refractivity contribution is 0.0945. The summed E-state index contributed by atoms with van der Waals surface area (Å²) in [5, 5.41) is 0. The number of nitrogens with two attached hydrogens (primary N) is 1. The zero-order chi connectivity index (χ0) is 11.5. The summed E-state index contributed by atoms with van der Waals surface area (Å²) < 4.78 is 12.7. The molecule has 2 rings (SSSR count). The minimum atomic E-state index is -0.320. The third-order valence-electron chi connectivity index (χ3n) is 2.84. The first-order valence-corrected chi connectivity index (χ1v) is 5.42. The fraction of sp³-hybridized carbons (Fsp3) is 0.417. The van der Waals surface area contributed by atoms with Gasteiger partial charge in [-0.2, -0.15) is 0 Å². The highest BCUT2D eigenvalue weighted by molar-refractivity contribution is 5.97. The molecule has 0 bridgehead atoms. The molecule has 1 aromatic rings. The molecule has 1 saturated heterocycles. The predicted octanol–water partition coefficient (Wildman–Crippen LogP) is 1.04. The number of nitrogens with zero attached hydrogens (tertiary/aromatic N) is 1. The van der Waals surface area contributed by atoms with Crippen molar-refractivity contribution >= 4 is 5.78 Å². The number of benzene rings is 1. The van der Waals surface area contributed by atoms with E-state index in [4.69, 9.17) is 5.73 Å². The molecule has 1 aliphatic rings. The van der Waals surface area contributed by atoms with Crippen LogP contribution in [0.5, 0.6) is 0 Å². The van der Waals surface area contributed by atoms with E-state index in [9.17, 15) is 9.18 Å². The van der Waals surface area contributed by atoms with Crippen molar-refractivity contribution in [3.8, 4) is 0 Å². The van der Waals surface area contributed by atoms with Crippen LogP contribution in [0.15, 0.2) is 24.3 Å². The number of halogens is 1. The van der Waals surface area contributed by atoms with Crippen LogP contribution in [-0.2, 0) is 0 Å². The summed E-state index contributed by atoms with van der Waals surface area (Å²) in [5.41, 5.74) is 6.31. The van der Waals surface area contributed by atoms with Gasteiger partial charge in [-0.15, -0.1) is 0 Å². The maximum Gasteiger partial charge on any atom is 0.176 e. The molecule has 0 amide bonds. The highest BCUT2D eigenvalue weighted by atomic mass is 19.1. The number of likely N-dealkylation sites (tertiary alicyclic amines) is 1. The van der Waals surface area contributed by atoms with E-state index < -0.39 is 0 Å². The van der Waals surface area contributed by atoms with Gasteiger partial charge in [0.05, 0.1) is 6.54 Å². The highest BCUT2D eigenvalue weighted by Gasteiger charge is 2.21. The first-order valence-electron chi connectivity index (χ1n) is 5.42. The number of Topliss-reactive ketones (excluding diaryl/α,β-unsaturated/α-hetero) is 1. The van der Waals surface area contributed by atoms with E-state index in [-0.39, 0.29) is 17.6 Å². The molecule has 1 unspecified atom stereocenters. The second kappa shape index (κ2) is 4.72. The van der Waals surface area contributed by atoms with Gasteiger partial charge in [-0.05, 0) is 30.7 Å². The average molecular weight is 222 g/mol. The van der Waals surface area contributed by atoms with Crippen molar-refractivity contribution in [3.63, 3.8) is 0 Å². The van der Waals surface area contributed by atoms with Gasteiger partial charge in [0.2, 0.25) is 0 Å². The van der Waals surface area contributed by atoms with E-state index in [1.54, 1.807) is 0 Å². The van der Waals surface area contributed by atoms with Crippen LogP contribution in [0.4, 0.5) is 4.39 Å². The lowest BCUT2D eigenvalue weighted by Gasteiger charge is -2.13. The lowest BCUT2D eigenvalue weighted by Crippen LogP contribution is -2.31. The molecular weight excluding hydrogens is 207 g/mol. The van der Waals surface area contributed by atoms with E-state index in [1.807, 2.05) is 4.90 Å². The third kappa shape index (κ3) is 2.65. The molecule has 3 nitrogen and oxygen atoms in total. The number of hydrogen-bond acceptors (Lipinski definition) is 3. The fourth-order valence-corrected chi connectivity index (χ4v) is 1.94. The standard InChI is InChI=1S/C12H15FN2O/c13-10-3-1-9(2-4-10)12(16)8-15-6-5-11(14)7-15/h1-4,11H,5-8,14H2. The molecule has 2 N–H and O–H groups in total. The molecule has 1 aromatic carbocycles. The van der Waals surface area contributed by atoms with Crippen molar-refractivity contribution in [2.45, 2.75) is 12.5 Å². The molecule has 0 spiro atoms. The first kappa shape index (κ1) is 11.2. The molecule has 4 heteroatoms. The summed E-state index contributed by atoms with van der Waals surface area (Å²) in [6.45, 7) is 2.01. The number of carbonyl (C=O) groups is 1. The highest BCUT2D eigenvalue weighted by Crippen LogP contribution is 2.09. The molecule has 1 aliphatic heterocycles. The van der Waals surface area contributed by atoms with Crippen LogP contribution in [0.3, 0.4) is 0 Å². The van der Waals surface area contributed by atoms with Gasteiger partial charge in [0.15, 0.2) is 5.78 Å². The minimum absolute atomic E-state index is 0.0223. The van der Waals surface area contributed by atoms with E-state index in [0.717, 1.165) is 19.5 Å². The average Bonchev–Trinajstić information content (AvgIpc) is 2.65. The number of rotatable bonds is 3. The Morgan fingerprint density at radius 2 is 2.12 bits per heavy atom. The first-order chi connectivity index (χ1) is 7.65. The lowest BCUT2D eigenvalue weighted by atomic mass is 10.1. The largest absolute Gasteiger partial charge is 0.326 e. The van der Waals surface area contributed by atoms with Crippen molar-refractivity contribution in [3.05, 3.63) is 35.6 Å². The second-order valence-corrected chi connectivity index (χ2v) is 4.21. The Labute approximate surface area is 94.0 Å². The zero-order valence-electron chi connectivity index (χ0n) is 9.03. The maximum absolute atomic E-state index is 12.7. The number of ketones is 1. The van der Waals surface area contributed by atoms with Crippen molar-refractivity contribution in [1.29, 1.82) is 0 Å². The summed E-state index contributed by atoms with van der Waals surface area (Å²) in [6, 6.07) is 5.84. The summed E-state index contributed by atoms with van der Waals surface area (Å²) in [6.07, 6.45) is 0.941. The quantitative estimate of drug-likeness (QED) is 0.777. The van der Waals surface area contributed by atoms with Gasteiger partial charge in [0.1, 0.15) is 5.82 Å². The van der Waals surface area contributed by atoms with Crippen molar-refractivity contribution in [1.82, 2.24) is 4.90 Å². The molecule has 0 radical (unpaired) electrons. The van der Waals surface area contributed by atoms with Crippen LogP contribution in [0, 0.1) is 5.82 Å². The summed E-state index contributed by atoms with van der Waals surface area (Å²) >= 11 is 0.